The highest BCUT2D eigenvalue weighted by molar-refractivity contribution is 6.31. The minimum absolute atomic E-state index is 0.552. The summed E-state index contributed by atoms with van der Waals surface area (Å²) in [5, 5.41) is 3.05. The fourth-order valence-electron chi connectivity index (χ4n) is 6.00. The molecule has 0 atom stereocenters. The van der Waals surface area contributed by atoms with E-state index >= 15 is 0 Å². The zero-order chi connectivity index (χ0) is 24.7. The van der Waals surface area contributed by atoms with E-state index in [1.165, 1.54) is 33.2 Å². The fraction of sp³-hybridized carbons (Fsp3) is 0.0286. The molecule has 0 fully saturated rings. The third-order valence-electron chi connectivity index (χ3n) is 7.29. The van der Waals surface area contributed by atoms with Crippen LogP contribution in [-0.2, 0) is 5.41 Å². The Morgan fingerprint density at radius 2 is 1.36 bits per heavy atom. The Hall–Kier alpha value is -4.31. The van der Waals surface area contributed by atoms with Crippen LogP contribution >= 0.6 is 11.6 Å². The first-order valence-corrected chi connectivity index (χ1v) is 12.3. The van der Waals surface area contributed by atoms with Crippen molar-refractivity contribution in [2.75, 3.05) is 0 Å². The van der Waals surface area contributed by atoms with Gasteiger partial charge in [-0.3, -0.25) is 0 Å². The van der Waals surface area contributed by atoms with Gasteiger partial charge in [-0.2, -0.15) is 0 Å². The number of hydrogen-bond acceptors (Lipinski definition) is 0. The first-order chi connectivity index (χ1) is 17.7. The third kappa shape index (κ3) is 3.04. The molecule has 1 aliphatic carbocycles. The Morgan fingerprint density at radius 1 is 0.750 bits per heavy atom. The van der Waals surface area contributed by atoms with Crippen molar-refractivity contribution in [3.63, 3.8) is 0 Å². The monoisotopic (exact) mass is 478 g/mol. The van der Waals surface area contributed by atoms with Crippen molar-refractivity contribution < 1.29 is 0 Å². The van der Waals surface area contributed by atoms with E-state index in [1.807, 2.05) is 18.2 Å². The molecule has 0 aliphatic heterocycles. The molecule has 0 bridgehead atoms. The average molecular weight is 479 g/mol. The molecule has 170 valence electrons. The van der Waals surface area contributed by atoms with Crippen molar-refractivity contribution >= 4 is 34.5 Å². The van der Waals surface area contributed by atoms with Crippen molar-refractivity contribution in [3.05, 3.63) is 154 Å². The maximum absolute atomic E-state index is 6.71. The van der Waals surface area contributed by atoms with E-state index in [1.54, 1.807) is 6.08 Å². The second kappa shape index (κ2) is 8.72. The lowest BCUT2D eigenvalue weighted by atomic mass is 9.66. The largest absolute Gasteiger partial charge is 0.115 e. The molecule has 0 N–H and O–H groups in total. The standard InChI is InChI=1S/C35H23Cl/c1-3-5-18-28-27(4-2)33-31-22-21-26(36)23-32(31)35(24-14-8-6-9-15-24,25-16-10-7-11-17-25)34(33)30-20-13-12-19-29(28)30/h1,4-23H,2H2/b18-5-. The van der Waals surface area contributed by atoms with Gasteiger partial charge in [0.25, 0.3) is 0 Å². The second-order valence-electron chi connectivity index (χ2n) is 9.00. The summed E-state index contributed by atoms with van der Waals surface area (Å²) in [5.74, 6) is 2.66. The second-order valence-corrected chi connectivity index (χ2v) is 9.44. The topological polar surface area (TPSA) is 0 Å². The number of terminal acetylenes is 1. The molecule has 0 heterocycles. The summed E-state index contributed by atoms with van der Waals surface area (Å²) in [6, 6.07) is 36.4. The zero-order valence-corrected chi connectivity index (χ0v) is 20.5. The van der Waals surface area contributed by atoms with Crippen LogP contribution in [0.1, 0.15) is 33.4 Å². The molecule has 0 amide bonds. The fourth-order valence-corrected chi connectivity index (χ4v) is 6.17. The molecule has 36 heavy (non-hydrogen) atoms. The highest BCUT2D eigenvalue weighted by Gasteiger charge is 2.48. The Bertz CT molecular complexity index is 1660. The number of benzene rings is 5. The van der Waals surface area contributed by atoms with Gasteiger partial charge in [-0.25, -0.2) is 0 Å². The summed E-state index contributed by atoms with van der Waals surface area (Å²) in [4.78, 5) is 0. The predicted molar refractivity (Wildman–Crippen MR) is 154 cm³/mol. The van der Waals surface area contributed by atoms with Crippen LogP contribution in [-0.4, -0.2) is 0 Å². The van der Waals surface area contributed by atoms with Crippen LogP contribution in [0.4, 0.5) is 0 Å². The number of allylic oxidation sites excluding steroid dienone is 1. The summed E-state index contributed by atoms with van der Waals surface area (Å²) in [6.07, 6.45) is 11.4. The highest BCUT2D eigenvalue weighted by atomic mass is 35.5. The molecule has 0 nitrogen and oxygen atoms in total. The van der Waals surface area contributed by atoms with Gasteiger partial charge in [-0.05, 0) is 79.6 Å². The summed E-state index contributed by atoms with van der Waals surface area (Å²) < 4.78 is 0. The van der Waals surface area contributed by atoms with Crippen LogP contribution in [0, 0.1) is 12.3 Å². The number of halogens is 1. The van der Waals surface area contributed by atoms with E-state index in [4.69, 9.17) is 18.0 Å². The molecular weight excluding hydrogens is 456 g/mol. The first-order valence-electron chi connectivity index (χ1n) is 12.0. The van der Waals surface area contributed by atoms with Crippen molar-refractivity contribution in [1.82, 2.24) is 0 Å². The highest BCUT2D eigenvalue weighted by Crippen LogP contribution is 2.60. The van der Waals surface area contributed by atoms with Crippen molar-refractivity contribution in [2.24, 2.45) is 0 Å². The normalized spacial score (nSPS) is 13.3. The van der Waals surface area contributed by atoms with Crippen molar-refractivity contribution in [1.29, 1.82) is 0 Å². The molecule has 0 spiro atoms. The van der Waals surface area contributed by atoms with E-state index < -0.39 is 5.41 Å². The van der Waals surface area contributed by atoms with Gasteiger partial charge in [-0.15, -0.1) is 6.42 Å². The summed E-state index contributed by atoms with van der Waals surface area (Å²) in [7, 11) is 0. The molecule has 0 saturated heterocycles. The maximum Gasteiger partial charge on any atom is 0.0720 e. The number of fused-ring (bicyclic) bond motifs is 5. The van der Waals surface area contributed by atoms with Gasteiger partial charge in [0.15, 0.2) is 0 Å². The molecule has 5 aromatic rings. The molecule has 0 unspecified atom stereocenters. The van der Waals surface area contributed by atoms with Gasteiger partial charge in [-0.1, -0.05) is 121 Å². The van der Waals surface area contributed by atoms with Gasteiger partial charge in [0, 0.05) is 5.02 Å². The van der Waals surface area contributed by atoms with Crippen LogP contribution in [0.3, 0.4) is 0 Å². The SMILES string of the molecule is C#C/C=C\c1c(C=C)c2c(c3ccccc13)C(c1ccccc1)(c1ccccc1)c1cc(Cl)ccc1-2. The minimum atomic E-state index is -0.552. The molecule has 6 rings (SSSR count). The van der Waals surface area contributed by atoms with Crippen LogP contribution in [0.2, 0.25) is 5.02 Å². The molecule has 0 aromatic heterocycles. The van der Waals surface area contributed by atoms with E-state index in [9.17, 15) is 0 Å². The van der Waals surface area contributed by atoms with Gasteiger partial charge in [0.2, 0.25) is 0 Å². The average Bonchev–Trinajstić information content (AvgIpc) is 3.23. The molecule has 1 heteroatoms. The number of hydrogen-bond donors (Lipinski definition) is 0. The van der Waals surface area contributed by atoms with Gasteiger partial charge < -0.3 is 0 Å². The van der Waals surface area contributed by atoms with E-state index in [2.05, 4.69) is 110 Å². The lowest BCUT2D eigenvalue weighted by Crippen LogP contribution is -2.29. The molecule has 0 radical (unpaired) electrons. The Morgan fingerprint density at radius 3 is 1.97 bits per heavy atom. The van der Waals surface area contributed by atoms with Gasteiger partial charge >= 0.3 is 0 Å². The van der Waals surface area contributed by atoms with Crippen LogP contribution < -0.4 is 0 Å². The Kier molecular flexibility index (Phi) is 5.37. The summed E-state index contributed by atoms with van der Waals surface area (Å²) >= 11 is 6.71. The third-order valence-corrected chi connectivity index (χ3v) is 7.53. The Labute approximate surface area is 217 Å². The van der Waals surface area contributed by atoms with E-state index in [-0.39, 0.29) is 0 Å². The molecule has 0 saturated carbocycles. The lowest BCUT2D eigenvalue weighted by molar-refractivity contribution is 0.775. The Balaban J connectivity index is 1.93. The molecular formula is C35H23Cl. The van der Waals surface area contributed by atoms with Crippen LogP contribution in [0.25, 0.3) is 34.1 Å². The first kappa shape index (κ1) is 22.2. The smallest absolute Gasteiger partial charge is 0.0720 e. The van der Waals surface area contributed by atoms with Crippen LogP contribution in [0.5, 0.6) is 0 Å². The predicted octanol–water partition coefficient (Wildman–Crippen LogP) is 9.15. The van der Waals surface area contributed by atoms with Crippen LogP contribution in [0.15, 0.2) is 116 Å². The number of rotatable bonds is 4. The quantitative estimate of drug-likeness (QED) is 0.221. The molecule has 1 aliphatic rings. The maximum atomic E-state index is 6.71. The zero-order valence-electron chi connectivity index (χ0n) is 19.7. The van der Waals surface area contributed by atoms with Gasteiger partial charge in [0.05, 0.1) is 5.41 Å². The lowest BCUT2D eigenvalue weighted by Gasteiger charge is -2.35. The molecule has 5 aromatic carbocycles. The van der Waals surface area contributed by atoms with Crippen molar-refractivity contribution in [2.45, 2.75) is 5.41 Å². The van der Waals surface area contributed by atoms with E-state index in [0.29, 0.717) is 0 Å². The van der Waals surface area contributed by atoms with Gasteiger partial charge in [0.1, 0.15) is 0 Å². The van der Waals surface area contributed by atoms with Crippen molar-refractivity contribution in [3.8, 4) is 23.5 Å². The summed E-state index contributed by atoms with van der Waals surface area (Å²) in [5.41, 5.74) is 8.77. The van der Waals surface area contributed by atoms with E-state index in [0.717, 1.165) is 27.1 Å². The summed E-state index contributed by atoms with van der Waals surface area (Å²) in [6.45, 7) is 4.26. The minimum Gasteiger partial charge on any atom is -0.115 e.